The summed E-state index contributed by atoms with van der Waals surface area (Å²) in [6.07, 6.45) is 1.27. The molecule has 100 valence electrons. The van der Waals surface area contributed by atoms with Crippen molar-refractivity contribution in [2.45, 2.75) is 25.3 Å². The van der Waals surface area contributed by atoms with Gasteiger partial charge in [0.15, 0.2) is 10.4 Å². The molecular weight excluding hydrogens is 316 g/mol. The molecule has 2 aliphatic heterocycles. The van der Waals surface area contributed by atoms with Crippen molar-refractivity contribution in [3.63, 3.8) is 0 Å². The normalized spacial score (nSPS) is 23.3. The first-order valence-electron chi connectivity index (χ1n) is 5.99. The van der Waals surface area contributed by atoms with Crippen LogP contribution in [0.4, 0.5) is 0 Å². The van der Waals surface area contributed by atoms with Crippen molar-refractivity contribution >= 4 is 33.7 Å². The van der Waals surface area contributed by atoms with Gasteiger partial charge in [-0.3, -0.25) is 19.7 Å². The van der Waals surface area contributed by atoms with Gasteiger partial charge in [0.25, 0.3) is 5.91 Å². The van der Waals surface area contributed by atoms with Crippen molar-refractivity contribution in [1.29, 1.82) is 0 Å². The Labute approximate surface area is 117 Å². The third-order valence-electron chi connectivity index (χ3n) is 3.44. The Balaban J connectivity index is 1.86. The topological polar surface area (TPSA) is 79.6 Å². The lowest BCUT2D eigenvalue weighted by atomic mass is 10.00. The summed E-state index contributed by atoms with van der Waals surface area (Å²) < 4.78 is 5.83. The molecule has 3 heterocycles. The zero-order chi connectivity index (χ0) is 13.6. The molecule has 6 nitrogen and oxygen atoms in total. The Morgan fingerprint density at radius 1 is 1.32 bits per heavy atom. The predicted molar refractivity (Wildman–Crippen MR) is 67.3 cm³/mol. The molecule has 0 bridgehead atoms. The average molecular weight is 327 g/mol. The predicted octanol–water partition coefficient (Wildman–Crippen LogP) is 0.846. The van der Waals surface area contributed by atoms with E-state index >= 15 is 0 Å². The second-order valence-corrected chi connectivity index (χ2v) is 5.40. The fourth-order valence-corrected chi connectivity index (χ4v) is 2.95. The maximum atomic E-state index is 12.3. The molecule has 7 heteroatoms. The molecule has 1 aromatic rings. The standard InChI is InChI=1S/C12H11BrN2O4/c13-8-5-6-3-4-15(12(18)10(6)19-8)7-1-2-9(16)14-11(7)17/h5,7H,1-4H2,(H,14,16,17). The summed E-state index contributed by atoms with van der Waals surface area (Å²) in [4.78, 5) is 36.7. The Hall–Kier alpha value is -1.63. The Morgan fingerprint density at radius 2 is 2.11 bits per heavy atom. The first-order chi connectivity index (χ1) is 9.06. The number of nitrogens with zero attached hydrogens (tertiary/aromatic N) is 1. The van der Waals surface area contributed by atoms with Gasteiger partial charge in [0.2, 0.25) is 11.8 Å². The molecule has 0 saturated carbocycles. The number of nitrogens with one attached hydrogen (secondary N) is 1. The number of piperidine rings is 1. The molecule has 2 aliphatic rings. The second-order valence-electron chi connectivity index (χ2n) is 4.62. The molecule has 0 aliphatic carbocycles. The fraction of sp³-hybridized carbons (Fsp3) is 0.417. The van der Waals surface area contributed by atoms with Crippen LogP contribution in [0.5, 0.6) is 0 Å². The number of furan rings is 1. The fourth-order valence-electron chi connectivity index (χ4n) is 2.51. The van der Waals surface area contributed by atoms with Gasteiger partial charge in [-0.2, -0.15) is 0 Å². The van der Waals surface area contributed by atoms with E-state index in [1.807, 2.05) is 0 Å². The number of imide groups is 1. The molecule has 1 N–H and O–H groups in total. The van der Waals surface area contributed by atoms with Crippen molar-refractivity contribution in [2.24, 2.45) is 0 Å². The number of carbonyl (C=O) groups excluding carboxylic acids is 3. The Kier molecular flexibility index (Phi) is 2.93. The number of carbonyl (C=O) groups is 3. The number of halogens is 1. The SMILES string of the molecule is O=C1CCC(N2CCc3cc(Br)oc3C2=O)C(=O)N1. The van der Waals surface area contributed by atoms with Crippen LogP contribution in [-0.2, 0) is 16.0 Å². The van der Waals surface area contributed by atoms with E-state index in [1.165, 1.54) is 4.90 Å². The molecule has 19 heavy (non-hydrogen) atoms. The van der Waals surface area contributed by atoms with E-state index in [-0.39, 0.29) is 24.0 Å². The smallest absolute Gasteiger partial charge is 0.290 e. The highest BCUT2D eigenvalue weighted by molar-refractivity contribution is 9.10. The lowest BCUT2D eigenvalue weighted by Gasteiger charge is -2.34. The monoisotopic (exact) mass is 326 g/mol. The molecule has 3 amide bonds. The summed E-state index contributed by atoms with van der Waals surface area (Å²) in [7, 11) is 0. The molecular formula is C12H11BrN2O4. The summed E-state index contributed by atoms with van der Waals surface area (Å²) in [5, 5.41) is 2.26. The van der Waals surface area contributed by atoms with Crippen molar-refractivity contribution in [3.05, 3.63) is 22.1 Å². The summed E-state index contributed by atoms with van der Waals surface area (Å²) in [6, 6.07) is 1.19. The number of fused-ring (bicyclic) bond motifs is 1. The van der Waals surface area contributed by atoms with Crippen LogP contribution in [0.1, 0.15) is 29.0 Å². The van der Waals surface area contributed by atoms with Gasteiger partial charge in [-0.1, -0.05) is 0 Å². The highest BCUT2D eigenvalue weighted by Gasteiger charge is 2.38. The molecule has 3 rings (SSSR count). The van der Waals surface area contributed by atoms with Crippen LogP contribution in [-0.4, -0.2) is 35.2 Å². The molecule has 0 radical (unpaired) electrons. The highest BCUT2D eigenvalue weighted by Crippen LogP contribution is 2.28. The van der Waals surface area contributed by atoms with Gasteiger partial charge in [0.05, 0.1) is 0 Å². The largest absolute Gasteiger partial charge is 0.444 e. The third kappa shape index (κ3) is 2.07. The van der Waals surface area contributed by atoms with Crippen LogP contribution in [0.15, 0.2) is 15.2 Å². The summed E-state index contributed by atoms with van der Waals surface area (Å²) in [5.74, 6) is -0.699. The van der Waals surface area contributed by atoms with Crippen molar-refractivity contribution < 1.29 is 18.8 Å². The summed E-state index contributed by atoms with van der Waals surface area (Å²) in [5.41, 5.74) is 0.848. The minimum absolute atomic E-state index is 0.259. The molecule has 0 aromatic carbocycles. The molecule has 0 spiro atoms. The van der Waals surface area contributed by atoms with E-state index in [1.54, 1.807) is 6.07 Å². The average Bonchev–Trinajstić information content (AvgIpc) is 2.73. The molecule has 1 saturated heterocycles. The lowest BCUT2D eigenvalue weighted by Crippen LogP contribution is -2.55. The lowest BCUT2D eigenvalue weighted by molar-refractivity contribution is -0.136. The molecule has 1 unspecified atom stereocenters. The van der Waals surface area contributed by atoms with Crippen LogP contribution >= 0.6 is 15.9 Å². The van der Waals surface area contributed by atoms with E-state index in [2.05, 4.69) is 21.2 Å². The minimum atomic E-state index is -0.581. The summed E-state index contributed by atoms with van der Waals surface area (Å²) in [6.45, 7) is 0.462. The van der Waals surface area contributed by atoms with E-state index in [9.17, 15) is 14.4 Å². The summed E-state index contributed by atoms with van der Waals surface area (Å²) >= 11 is 3.19. The van der Waals surface area contributed by atoms with Crippen molar-refractivity contribution in [1.82, 2.24) is 10.2 Å². The maximum absolute atomic E-state index is 12.3. The second kappa shape index (κ2) is 4.48. The number of amides is 3. The van der Waals surface area contributed by atoms with Crippen LogP contribution < -0.4 is 5.32 Å². The Morgan fingerprint density at radius 3 is 2.84 bits per heavy atom. The van der Waals surface area contributed by atoms with Gasteiger partial charge in [0.1, 0.15) is 6.04 Å². The van der Waals surface area contributed by atoms with E-state index in [4.69, 9.17) is 4.42 Å². The molecule has 1 aromatic heterocycles. The van der Waals surface area contributed by atoms with Crippen LogP contribution in [0, 0.1) is 0 Å². The number of rotatable bonds is 1. The van der Waals surface area contributed by atoms with Gasteiger partial charge in [-0.05, 0) is 34.8 Å². The third-order valence-corrected chi connectivity index (χ3v) is 3.83. The van der Waals surface area contributed by atoms with Gasteiger partial charge in [-0.15, -0.1) is 0 Å². The number of hydrogen-bond acceptors (Lipinski definition) is 4. The minimum Gasteiger partial charge on any atom is -0.444 e. The van der Waals surface area contributed by atoms with Crippen LogP contribution in [0.2, 0.25) is 0 Å². The van der Waals surface area contributed by atoms with Gasteiger partial charge in [0, 0.05) is 18.5 Å². The van der Waals surface area contributed by atoms with Gasteiger partial charge < -0.3 is 9.32 Å². The van der Waals surface area contributed by atoms with E-state index in [0.717, 1.165) is 5.56 Å². The van der Waals surface area contributed by atoms with Gasteiger partial charge >= 0.3 is 0 Å². The van der Waals surface area contributed by atoms with Gasteiger partial charge in [-0.25, -0.2) is 0 Å². The highest BCUT2D eigenvalue weighted by atomic mass is 79.9. The molecule has 1 atom stereocenters. The zero-order valence-electron chi connectivity index (χ0n) is 9.94. The molecule has 1 fully saturated rings. The maximum Gasteiger partial charge on any atom is 0.290 e. The first kappa shape index (κ1) is 12.4. The van der Waals surface area contributed by atoms with Crippen molar-refractivity contribution in [3.8, 4) is 0 Å². The van der Waals surface area contributed by atoms with Crippen LogP contribution in [0.3, 0.4) is 0 Å². The van der Waals surface area contributed by atoms with E-state index < -0.39 is 11.9 Å². The Bertz CT molecular complexity index is 580. The first-order valence-corrected chi connectivity index (χ1v) is 6.78. The van der Waals surface area contributed by atoms with Crippen LogP contribution in [0.25, 0.3) is 0 Å². The quantitative estimate of drug-likeness (QED) is 0.776. The van der Waals surface area contributed by atoms with Crippen molar-refractivity contribution in [2.75, 3.05) is 6.54 Å². The zero-order valence-corrected chi connectivity index (χ0v) is 11.5. The van der Waals surface area contributed by atoms with E-state index in [0.29, 0.717) is 24.1 Å². The number of hydrogen-bond donors (Lipinski definition) is 1.